The molecule has 0 radical (unpaired) electrons. The zero-order chi connectivity index (χ0) is 22.4. The standard InChI is InChI=1S/C4H6N2.4FH2O3P/c1-6-3-2-5-4-6;4*1-5(2,3)4/h2-4H,1H3;4*(H2,2,3,4). The van der Waals surface area contributed by atoms with Crippen molar-refractivity contribution in [2.45, 2.75) is 0 Å². The molecule has 1 heterocycles. The molecule has 0 aliphatic heterocycles. The highest BCUT2D eigenvalue weighted by Gasteiger charge is 2.06. The average molecular weight is 482 g/mol. The minimum atomic E-state index is -5.14. The van der Waals surface area contributed by atoms with Crippen LogP contribution in [0, 0.1) is 0 Å². The van der Waals surface area contributed by atoms with Crippen molar-refractivity contribution in [1.29, 1.82) is 0 Å². The predicted octanol–water partition coefficient (Wildman–Crippen LogP) is 0.615. The Labute approximate surface area is 142 Å². The van der Waals surface area contributed by atoms with Gasteiger partial charge >= 0.3 is 31.6 Å². The second-order valence-electron chi connectivity index (χ2n) is 3.12. The second-order valence-corrected chi connectivity index (χ2v) is 6.90. The Bertz CT molecular complexity index is 519. The van der Waals surface area contributed by atoms with Crippen molar-refractivity contribution in [3.63, 3.8) is 0 Å². The van der Waals surface area contributed by atoms with E-state index in [0.717, 1.165) is 0 Å². The van der Waals surface area contributed by atoms with Crippen LogP contribution < -0.4 is 0 Å². The van der Waals surface area contributed by atoms with Gasteiger partial charge in [-0.15, -0.1) is 16.8 Å². The Morgan fingerprint density at radius 1 is 0.692 bits per heavy atom. The third-order valence-corrected chi connectivity index (χ3v) is 0.637. The fraction of sp³-hybridized carbons (Fsp3) is 0.250. The van der Waals surface area contributed by atoms with Gasteiger partial charge in [-0.25, -0.2) is 23.2 Å². The van der Waals surface area contributed by atoms with Gasteiger partial charge in [0.15, 0.2) is 0 Å². The minimum Gasteiger partial charge on any atom is -0.341 e. The summed E-state index contributed by atoms with van der Waals surface area (Å²) in [5, 5.41) is 0. The summed E-state index contributed by atoms with van der Waals surface area (Å²) in [7, 11) is -18.6. The average Bonchev–Trinajstić information content (AvgIpc) is 2.56. The number of halogens is 4. The predicted molar refractivity (Wildman–Crippen MR) is 75.8 cm³/mol. The first kappa shape index (κ1) is 33.1. The van der Waals surface area contributed by atoms with Crippen molar-refractivity contribution >= 4 is 31.6 Å². The molecule has 1 aromatic heterocycles. The number of aromatic nitrogens is 2. The molecule has 0 atom stereocenters. The topological polar surface area (TPSA) is 248 Å². The Kier molecular flexibility index (Phi) is 18.6. The molecule has 8 N–H and O–H groups in total. The smallest absolute Gasteiger partial charge is 0.341 e. The molecule has 0 unspecified atom stereocenters. The van der Waals surface area contributed by atoms with Gasteiger partial charge in [-0.05, 0) is 0 Å². The van der Waals surface area contributed by atoms with Crippen LogP contribution in [0.15, 0.2) is 18.7 Å². The lowest BCUT2D eigenvalue weighted by atomic mass is 10.9. The van der Waals surface area contributed by atoms with Gasteiger partial charge in [0.05, 0.1) is 6.33 Å². The molecule has 0 fully saturated rings. The monoisotopic (exact) mass is 482 g/mol. The first-order valence-corrected chi connectivity index (χ1v) is 10.8. The van der Waals surface area contributed by atoms with Crippen molar-refractivity contribution in [1.82, 2.24) is 9.55 Å². The molecule has 22 heteroatoms. The van der Waals surface area contributed by atoms with Gasteiger partial charge in [-0.3, -0.25) is 39.1 Å². The zero-order valence-corrected chi connectivity index (χ0v) is 15.7. The number of aryl methyl sites for hydroxylation is 1. The van der Waals surface area contributed by atoms with E-state index >= 15 is 0 Å². The molecule has 0 aliphatic rings. The Morgan fingerprint density at radius 3 is 0.923 bits per heavy atom. The fourth-order valence-corrected chi connectivity index (χ4v) is 0.326. The molecular formula is C4H14F4N2O12P4. The summed E-state index contributed by atoms with van der Waals surface area (Å²) in [6.45, 7) is 0. The first-order valence-electron chi connectivity index (χ1n) is 4.82. The van der Waals surface area contributed by atoms with Gasteiger partial charge in [0, 0.05) is 19.4 Å². The molecule has 14 nitrogen and oxygen atoms in total. The zero-order valence-electron chi connectivity index (χ0n) is 12.1. The van der Waals surface area contributed by atoms with Crippen molar-refractivity contribution in [2.24, 2.45) is 7.05 Å². The van der Waals surface area contributed by atoms with Gasteiger partial charge in [0.25, 0.3) is 0 Å². The molecule has 1 aromatic rings. The lowest BCUT2D eigenvalue weighted by molar-refractivity contribution is 0.320. The van der Waals surface area contributed by atoms with Gasteiger partial charge in [-0.2, -0.15) is 0 Å². The van der Waals surface area contributed by atoms with Crippen LogP contribution in [0.3, 0.4) is 0 Å². The molecule has 0 saturated heterocycles. The molecule has 0 aromatic carbocycles. The molecule has 0 spiro atoms. The summed E-state index contributed by atoms with van der Waals surface area (Å²) in [5.74, 6) is 0. The van der Waals surface area contributed by atoms with E-state index in [0.29, 0.717) is 0 Å². The highest BCUT2D eigenvalue weighted by atomic mass is 31.2. The van der Waals surface area contributed by atoms with Crippen molar-refractivity contribution < 1.29 is 74.2 Å². The molecule has 26 heavy (non-hydrogen) atoms. The number of nitrogens with zero attached hydrogens (tertiary/aromatic N) is 2. The van der Waals surface area contributed by atoms with Crippen LogP contribution in [-0.2, 0) is 25.3 Å². The fourth-order valence-electron chi connectivity index (χ4n) is 0.326. The Balaban J connectivity index is -0.000000117. The van der Waals surface area contributed by atoms with E-state index < -0.39 is 31.6 Å². The maximum atomic E-state index is 10.4. The third-order valence-electron chi connectivity index (χ3n) is 0.637. The van der Waals surface area contributed by atoms with Crippen LogP contribution in [0.1, 0.15) is 0 Å². The molecule has 0 aliphatic carbocycles. The van der Waals surface area contributed by atoms with Crippen LogP contribution in [0.25, 0.3) is 0 Å². The van der Waals surface area contributed by atoms with E-state index in [9.17, 15) is 16.8 Å². The van der Waals surface area contributed by atoms with Gasteiger partial charge < -0.3 is 4.57 Å². The first-order chi connectivity index (χ1) is 10.9. The van der Waals surface area contributed by atoms with E-state index in [1.807, 2.05) is 17.8 Å². The summed E-state index contributed by atoms with van der Waals surface area (Å²) in [6.07, 6.45) is 5.39. The SMILES string of the molecule is Cn1ccnc1.O=P(O)(O)F.O=P(O)(O)F.O=P(O)(O)F.O=P(O)(O)F. The van der Waals surface area contributed by atoms with Crippen LogP contribution in [-0.4, -0.2) is 48.7 Å². The maximum Gasteiger partial charge on any atom is 0.507 e. The number of hydrogen-bond acceptors (Lipinski definition) is 5. The number of rotatable bonds is 0. The molecule has 160 valence electrons. The highest BCUT2D eigenvalue weighted by molar-refractivity contribution is 7.46. The lowest BCUT2D eigenvalue weighted by Crippen LogP contribution is -1.76. The largest absolute Gasteiger partial charge is 0.507 e. The summed E-state index contributed by atoms with van der Waals surface area (Å²) < 4.78 is 77.9. The quantitative estimate of drug-likeness (QED) is 0.187. The Hall–Kier alpha value is -0.470. The van der Waals surface area contributed by atoms with E-state index in [-0.39, 0.29) is 0 Å². The van der Waals surface area contributed by atoms with Crippen LogP contribution in [0.5, 0.6) is 0 Å². The molecule has 0 saturated carbocycles. The van der Waals surface area contributed by atoms with E-state index in [1.54, 1.807) is 12.5 Å². The van der Waals surface area contributed by atoms with Crippen molar-refractivity contribution in [3.8, 4) is 0 Å². The summed E-state index contributed by atoms with van der Waals surface area (Å²) in [5.41, 5.74) is 0. The maximum absolute atomic E-state index is 10.4. The normalized spacial score (nSPS) is 11.1. The summed E-state index contributed by atoms with van der Waals surface area (Å²) in [4.78, 5) is 59.5. The van der Waals surface area contributed by atoms with E-state index in [1.165, 1.54) is 0 Å². The second kappa shape index (κ2) is 14.6. The summed E-state index contributed by atoms with van der Waals surface area (Å²) >= 11 is 0. The lowest BCUT2D eigenvalue weighted by Gasteiger charge is -1.78. The van der Waals surface area contributed by atoms with Crippen molar-refractivity contribution in [3.05, 3.63) is 18.7 Å². The molecule has 0 bridgehead atoms. The number of hydrogen-bond donors (Lipinski definition) is 8. The van der Waals surface area contributed by atoms with Gasteiger partial charge in [-0.1, -0.05) is 0 Å². The third kappa shape index (κ3) is 280. The van der Waals surface area contributed by atoms with E-state index in [4.69, 9.17) is 57.4 Å². The molecule has 0 amide bonds. The van der Waals surface area contributed by atoms with E-state index in [2.05, 4.69) is 4.98 Å². The molecular weight excluding hydrogens is 468 g/mol. The molecule has 1 rings (SSSR count). The van der Waals surface area contributed by atoms with Crippen LogP contribution >= 0.6 is 31.6 Å². The highest BCUT2D eigenvalue weighted by Crippen LogP contribution is 2.36. The minimum absolute atomic E-state index is 1.75. The van der Waals surface area contributed by atoms with Crippen molar-refractivity contribution in [2.75, 3.05) is 0 Å². The van der Waals surface area contributed by atoms with Crippen LogP contribution in [0.2, 0.25) is 0 Å². The van der Waals surface area contributed by atoms with Gasteiger partial charge in [0.1, 0.15) is 0 Å². The summed E-state index contributed by atoms with van der Waals surface area (Å²) in [6, 6.07) is 0. The van der Waals surface area contributed by atoms with Crippen LogP contribution in [0.4, 0.5) is 16.8 Å². The number of imidazole rings is 1. The van der Waals surface area contributed by atoms with Gasteiger partial charge in [0.2, 0.25) is 0 Å². The Morgan fingerprint density at radius 2 is 0.885 bits per heavy atom.